The molecule has 0 spiro atoms. The Hall–Kier alpha value is -1.62. The molecule has 21 heavy (non-hydrogen) atoms. The molecule has 5 heteroatoms. The Balaban J connectivity index is 2.37. The topological polar surface area (TPSA) is 72.4 Å². The second-order valence-electron chi connectivity index (χ2n) is 5.81. The monoisotopic (exact) mass is 291 g/mol. The number of nitro groups is 1. The highest BCUT2D eigenvalue weighted by atomic mass is 16.6. The van der Waals surface area contributed by atoms with Crippen molar-refractivity contribution in [2.24, 2.45) is 11.7 Å². The highest BCUT2D eigenvalue weighted by molar-refractivity contribution is 5.62. The van der Waals surface area contributed by atoms with E-state index >= 15 is 0 Å². The molecule has 116 valence electrons. The van der Waals surface area contributed by atoms with Crippen molar-refractivity contribution in [1.29, 1.82) is 0 Å². The Kier molecular flexibility index (Phi) is 5.17. The van der Waals surface area contributed by atoms with Gasteiger partial charge < -0.3 is 10.6 Å². The number of hydrogen-bond acceptors (Lipinski definition) is 4. The number of anilines is 1. The molecule has 1 aliphatic carbocycles. The Labute approximate surface area is 126 Å². The zero-order chi connectivity index (χ0) is 15.4. The first-order chi connectivity index (χ1) is 10.1. The summed E-state index contributed by atoms with van der Waals surface area (Å²) in [5, 5.41) is 11.1. The van der Waals surface area contributed by atoms with Crippen molar-refractivity contribution < 1.29 is 4.92 Å². The van der Waals surface area contributed by atoms with Crippen LogP contribution in [0.15, 0.2) is 18.2 Å². The van der Waals surface area contributed by atoms with Crippen molar-refractivity contribution in [3.63, 3.8) is 0 Å². The molecule has 1 aromatic rings. The van der Waals surface area contributed by atoms with E-state index in [1.807, 2.05) is 13.0 Å². The Morgan fingerprint density at radius 1 is 1.38 bits per heavy atom. The highest BCUT2D eigenvalue weighted by Gasteiger charge is 2.30. The summed E-state index contributed by atoms with van der Waals surface area (Å²) in [7, 11) is 0. The van der Waals surface area contributed by atoms with E-state index in [1.54, 1.807) is 12.1 Å². The molecule has 0 heterocycles. The smallest absolute Gasteiger partial charge is 0.274 e. The molecule has 2 unspecified atom stereocenters. The molecule has 0 amide bonds. The first kappa shape index (κ1) is 15.8. The minimum Gasteiger partial charge on any atom is -0.368 e. The van der Waals surface area contributed by atoms with Crippen LogP contribution in [0.5, 0.6) is 0 Å². The molecule has 0 radical (unpaired) electrons. The van der Waals surface area contributed by atoms with E-state index in [9.17, 15) is 10.1 Å². The second-order valence-corrected chi connectivity index (χ2v) is 5.81. The van der Waals surface area contributed by atoms with Gasteiger partial charge in [0, 0.05) is 24.3 Å². The predicted molar refractivity (Wildman–Crippen MR) is 85.7 cm³/mol. The summed E-state index contributed by atoms with van der Waals surface area (Å²) in [6.07, 6.45) is 4.74. The van der Waals surface area contributed by atoms with Gasteiger partial charge in [-0.2, -0.15) is 0 Å². The van der Waals surface area contributed by atoms with Gasteiger partial charge in [-0.3, -0.25) is 10.1 Å². The van der Waals surface area contributed by atoms with E-state index in [-0.39, 0.29) is 10.6 Å². The van der Waals surface area contributed by atoms with Gasteiger partial charge in [0.1, 0.15) is 0 Å². The summed E-state index contributed by atoms with van der Waals surface area (Å²) >= 11 is 0. The van der Waals surface area contributed by atoms with Crippen molar-refractivity contribution in [2.45, 2.75) is 45.6 Å². The van der Waals surface area contributed by atoms with Crippen LogP contribution in [0.3, 0.4) is 0 Å². The SMILES string of the molecule is CCN(c1cccc([N+](=O)[O-])c1C)C1CCCCC1CN. The lowest BCUT2D eigenvalue weighted by atomic mass is 9.83. The summed E-state index contributed by atoms with van der Waals surface area (Å²) in [5.74, 6) is 0.484. The molecule has 2 N–H and O–H groups in total. The maximum absolute atomic E-state index is 11.1. The number of hydrogen-bond donors (Lipinski definition) is 1. The van der Waals surface area contributed by atoms with Crippen LogP contribution in [-0.2, 0) is 0 Å². The van der Waals surface area contributed by atoms with Crippen molar-refractivity contribution in [3.05, 3.63) is 33.9 Å². The zero-order valence-electron chi connectivity index (χ0n) is 12.9. The standard InChI is InChI=1S/C16H25N3O2/c1-3-18(16-8-5-4-7-13(16)11-17)14-9-6-10-15(12(14)2)19(20)21/h6,9-10,13,16H,3-5,7-8,11,17H2,1-2H3. The lowest BCUT2D eigenvalue weighted by molar-refractivity contribution is -0.385. The van der Waals surface area contributed by atoms with Crippen molar-refractivity contribution in [2.75, 3.05) is 18.0 Å². The molecule has 0 aromatic heterocycles. The first-order valence-electron chi connectivity index (χ1n) is 7.80. The van der Waals surface area contributed by atoms with Crippen LogP contribution in [-0.4, -0.2) is 24.1 Å². The van der Waals surface area contributed by atoms with E-state index in [1.165, 1.54) is 12.8 Å². The molecule has 0 bridgehead atoms. The van der Waals surface area contributed by atoms with Crippen molar-refractivity contribution in [3.8, 4) is 0 Å². The van der Waals surface area contributed by atoms with Gasteiger partial charge in [0.2, 0.25) is 0 Å². The van der Waals surface area contributed by atoms with E-state index < -0.39 is 0 Å². The largest absolute Gasteiger partial charge is 0.368 e. The normalized spacial score (nSPS) is 22.0. The van der Waals surface area contributed by atoms with Crippen LogP contribution in [0, 0.1) is 23.0 Å². The number of nitrogens with two attached hydrogens (primary N) is 1. The third-order valence-electron chi connectivity index (χ3n) is 4.70. The van der Waals surface area contributed by atoms with Crippen LogP contribution in [0.2, 0.25) is 0 Å². The molecule has 1 aliphatic rings. The predicted octanol–water partition coefficient (Wildman–Crippen LogP) is 3.25. The Morgan fingerprint density at radius 2 is 2.10 bits per heavy atom. The van der Waals surface area contributed by atoms with Gasteiger partial charge in [0.25, 0.3) is 5.69 Å². The fraction of sp³-hybridized carbons (Fsp3) is 0.625. The van der Waals surface area contributed by atoms with Crippen molar-refractivity contribution in [1.82, 2.24) is 0 Å². The average molecular weight is 291 g/mol. The number of rotatable bonds is 5. The highest BCUT2D eigenvalue weighted by Crippen LogP contribution is 2.35. The minimum absolute atomic E-state index is 0.200. The third-order valence-corrected chi connectivity index (χ3v) is 4.70. The zero-order valence-corrected chi connectivity index (χ0v) is 12.9. The van der Waals surface area contributed by atoms with Gasteiger partial charge in [-0.25, -0.2) is 0 Å². The van der Waals surface area contributed by atoms with Gasteiger partial charge >= 0.3 is 0 Å². The van der Waals surface area contributed by atoms with Gasteiger partial charge in [-0.1, -0.05) is 18.9 Å². The summed E-state index contributed by atoms with van der Waals surface area (Å²) in [6, 6.07) is 5.75. The van der Waals surface area contributed by atoms with E-state index in [2.05, 4.69) is 11.8 Å². The van der Waals surface area contributed by atoms with Crippen molar-refractivity contribution >= 4 is 11.4 Å². The van der Waals surface area contributed by atoms with Gasteiger partial charge in [-0.05, 0) is 45.2 Å². The molecule has 1 aromatic carbocycles. The molecule has 2 atom stereocenters. The maximum atomic E-state index is 11.1. The molecule has 1 fully saturated rings. The van der Waals surface area contributed by atoms with E-state index in [4.69, 9.17) is 5.73 Å². The Bertz CT molecular complexity index is 504. The van der Waals surface area contributed by atoms with Crippen LogP contribution >= 0.6 is 0 Å². The number of benzene rings is 1. The summed E-state index contributed by atoms with van der Waals surface area (Å²) in [6.45, 7) is 5.50. The molecule has 0 aliphatic heterocycles. The quantitative estimate of drug-likeness (QED) is 0.667. The fourth-order valence-electron chi connectivity index (χ4n) is 3.58. The van der Waals surface area contributed by atoms with Crippen LogP contribution in [0.25, 0.3) is 0 Å². The minimum atomic E-state index is -0.298. The van der Waals surface area contributed by atoms with Crippen LogP contribution < -0.4 is 10.6 Å². The second kappa shape index (κ2) is 6.89. The third kappa shape index (κ3) is 3.18. The van der Waals surface area contributed by atoms with Gasteiger partial charge in [-0.15, -0.1) is 0 Å². The summed E-state index contributed by atoms with van der Waals surface area (Å²) in [5.41, 5.74) is 7.88. The Morgan fingerprint density at radius 3 is 2.71 bits per heavy atom. The van der Waals surface area contributed by atoms with Crippen LogP contribution in [0.4, 0.5) is 11.4 Å². The van der Waals surface area contributed by atoms with E-state index in [0.29, 0.717) is 18.5 Å². The fourth-order valence-corrected chi connectivity index (χ4v) is 3.58. The lowest BCUT2D eigenvalue weighted by Gasteiger charge is -2.41. The molecule has 1 saturated carbocycles. The number of nitrogens with zero attached hydrogens (tertiary/aromatic N) is 2. The molecule has 2 rings (SSSR count). The maximum Gasteiger partial charge on any atom is 0.274 e. The van der Waals surface area contributed by atoms with Gasteiger partial charge in [0.15, 0.2) is 0 Å². The molecular weight excluding hydrogens is 266 g/mol. The number of nitro benzene ring substituents is 1. The summed E-state index contributed by atoms with van der Waals surface area (Å²) in [4.78, 5) is 13.2. The molecule has 5 nitrogen and oxygen atoms in total. The lowest BCUT2D eigenvalue weighted by Crippen LogP contribution is -2.45. The molecular formula is C16H25N3O2. The van der Waals surface area contributed by atoms with Gasteiger partial charge in [0.05, 0.1) is 10.5 Å². The van der Waals surface area contributed by atoms with E-state index in [0.717, 1.165) is 30.6 Å². The average Bonchev–Trinajstić information content (AvgIpc) is 2.49. The molecule has 0 saturated heterocycles. The first-order valence-corrected chi connectivity index (χ1v) is 7.80. The van der Waals surface area contributed by atoms with Crippen LogP contribution in [0.1, 0.15) is 38.2 Å². The summed E-state index contributed by atoms with van der Waals surface area (Å²) < 4.78 is 0.